The van der Waals surface area contributed by atoms with Crippen molar-refractivity contribution >= 4 is 5.97 Å². The molecule has 1 rings (SSSR count). The summed E-state index contributed by atoms with van der Waals surface area (Å²) < 4.78 is 0. The Hall–Kier alpha value is -1.59. The Morgan fingerprint density at radius 1 is 1.38 bits per heavy atom. The minimum Gasteiger partial charge on any atom is -0.508 e. The van der Waals surface area contributed by atoms with Crippen LogP contribution in [0.15, 0.2) is 24.3 Å². The Labute approximate surface area is 93.4 Å². The van der Waals surface area contributed by atoms with E-state index in [1.807, 2.05) is 0 Å². The van der Waals surface area contributed by atoms with Crippen LogP contribution < -0.4 is 5.32 Å². The normalized spacial score (nSPS) is 14.4. The lowest BCUT2D eigenvalue weighted by atomic mass is 10.1. The van der Waals surface area contributed by atoms with Crippen molar-refractivity contribution in [3.63, 3.8) is 0 Å². The number of carboxylic acid groups (broad SMARTS) is 1. The smallest absolute Gasteiger partial charge is 0.323 e. The molecular weight excluding hydrogens is 210 g/mol. The van der Waals surface area contributed by atoms with Gasteiger partial charge in [-0.2, -0.15) is 0 Å². The van der Waals surface area contributed by atoms with E-state index >= 15 is 0 Å². The van der Waals surface area contributed by atoms with Gasteiger partial charge in [-0.3, -0.25) is 10.1 Å². The van der Waals surface area contributed by atoms with Gasteiger partial charge < -0.3 is 15.3 Å². The molecule has 16 heavy (non-hydrogen) atoms. The van der Waals surface area contributed by atoms with Crippen LogP contribution in [0.4, 0.5) is 0 Å². The fourth-order valence-electron chi connectivity index (χ4n) is 1.31. The van der Waals surface area contributed by atoms with Crippen molar-refractivity contribution in [2.24, 2.45) is 0 Å². The Morgan fingerprint density at radius 2 is 1.94 bits per heavy atom. The summed E-state index contributed by atoms with van der Waals surface area (Å²) in [6.07, 6.45) is -0.963. The van der Waals surface area contributed by atoms with Gasteiger partial charge in [0.2, 0.25) is 0 Å². The summed E-state index contributed by atoms with van der Waals surface area (Å²) in [5.41, 5.74) is 0.838. The maximum atomic E-state index is 10.8. The van der Waals surface area contributed by atoms with E-state index in [-0.39, 0.29) is 5.75 Å². The minimum absolute atomic E-state index is 0.161. The molecular formula is C11H15NO4. The van der Waals surface area contributed by atoms with Gasteiger partial charge in [0.05, 0.1) is 6.10 Å². The molecule has 5 heteroatoms. The molecule has 0 amide bonds. The molecule has 88 valence electrons. The summed E-state index contributed by atoms with van der Waals surface area (Å²) in [7, 11) is 0. The molecule has 0 bridgehead atoms. The number of aromatic hydroxyl groups is 1. The van der Waals surface area contributed by atoms with Crippen LogP contribution in [0.5, 0.6) is 5.75 Å². The molecule has 0 aliphatic heterocycles. The number of hydrogen-bond donors (Lipinski definition) is 4. The third-order valence-corrected chi connectivity index (χ3v) is 2.21. The zero-order valence-electron chi connectivity index (χ0n) is 8.92. The lowest BCUT2D eigenvalue weighted by Gasteiger charge is -2.16. The second kappa shape index (κ2) is 5.48. The fourth-order valence-corrected chi connectivity index (χ4v) is 1.31. The van der Waals surface area contributed by atoms with Gasteiger partial charge in [0.1, 0.15) is 11.8 Å². The number of carbonyl (C=O) groups is 1. The fraction of sp³-hybridized carbons (Fsp3) is 0.364. The molecule has 0 saturated carbocycles. The van der Waals surface area contributed by atoms with E-state index in [2.05, 4.69) is 5.32 Å². The molecule has 0 heterocycles. The molecule has 0 aliphatic rings. The Balaban J connectivity index is 2.55. The second-order valence-electron chi connectivity index (χ2n) is 3.60. The molecule has 4 N–H and O–H groups in total. The van der Waals surface area contributed by atoms with Crippen molar-refractivity contribution in [1.82, 2.24) is 5.32 Å². The topological polar surface area (TPSA) is 89.8 Å². The van der Waals surface area contributed by atoms with E-state index in [0.717, 1.165) is 5.56 Å². The molecule has 2 unspecified atom stereocenters. The monoisotopic (exact) mass is 225 g/mol. The first-order valence-corrected chi connectivity index (χ1v) is 4.93. The van der Waals surface area contributed by atoms with Crippen LogP contribution >= 0.6 is 0 Å². The molecule has 5 nitrogen and oxygen atoms in total. The highest BCUT2D eigenvalue weighted by Crippen LogP contribution is 2.09. The zero-order valence-corrected chi connectivity index (χ0v) is 8.92. The van der Waals surface area contributed by atoms with Gasteiger partial charge in [0.15, 0.2) is 0 Å². The van der Waals surface area contributed by atoms with Crippen LogP contribution in [0.2, 0.25) is 0 Å². The average Bonchev–Trinajstić information content (AvgIpc) is 2.20. The van der Waals surface area contributed by atoms with Crippen molar-refractivity contribution in [2.75, 3.05) is 0 Å². The average molecular weight is 225 g/mol. The molecule has 1 aromatic rings. The highest BCUT2D eigenvalue weighted by Gasteiger charge is 2.21. The molecule has 0 aliphatic carbocycles. The van der Waals surface area contributed by atoms with E-state index in [1.165, 1.54) is 19.1 Å². The maximum absolute atomic E-state index is 10.8. The summed E-state index contributed by atoms with van der Waals surface area (Å²) in [5, 5.41) is 29.8. The van der Waals surface area contributed by atoms with Gasteiger partial charge in [-0.25, -0.2) is 0 Å². The van der Waals surface area contributed by atoms with Crippen molar-refractivity contribution in [3.05, 3.63) is 29.8 Å². The molecule has 0 fully saturated rings. The van der Waals surface area contributed by atoms with Crippen molar-refractivity contribution in [1.29, 1.82) is 0 Å². The number of rotatable bonds is 5. The SMILES string of the molecule is CC(O)C(NCc1ccc(O)cc1)C(=O)O. The van der Waals surface area contributed by atoms with Gasteiger partial charge in [-0.1, -0.05) is 12.1 Å². The quantitative estimate of drug-likeness (QED) is 0.579. The predicted octanol–water partition coefficient (Wildman–Crippen LogP) is 0.316. The summed E-state index contributed by atoms with van der Waals surface area (Å²) in [5.74, 6) is -0.928. The summed E-state index contributed by atoms with van der Waals surface area (Å²) in [6, 6.07) is 5.42. The van der Waals surface area contributed by atoms with Gasteiger partial charge in [-0.05, 0) is 24.6 Å². The summed E-state index contributed by atoms with van der Waals surface area (Å²) >= 11 is 0. The first kappa shape index (κ1) is 12.5. The Kier molecular flexibility index (Phi) is 4.28. The number of phenolic OH excluding ortho intramolecular Hbond substituents is 1. The van der Waals surface area contributed by atoms with Crippen LogP contribution in [0, 0.1) is 0 Å². The van der Waals surface area contributed by atoms with Gasteiger partial charge in [0, 0.05) is 6.54 Å². The lowest BCUT2D eigenvalue weighted by molar-refractivity contribution is -0.142. The van der Waals surface area contributed by atoms with Crippen LogP contribution in [-0.2, 0) is 11.3 Å². The number of aliphatic hydroxyl groups is 1. The molecule has 0 radical (unpaired) electrons. The summed E-state index contributed by atoms with van der Waals surface area (Å²) in [6.45, 7) is 1.74. The van der Waals surface area contributed by atoms with E-state index in [0.29, 0.717) is 6.54 Å². The van der Waals surface area contributed by atoms with Gasteiger partial charge in [-0.15, -0.1) is 0 Å². The zero-order chi connectivity index (χ0) is 12.1. The number of phenols is 1. The number of aliphatic carboxylic acids is 1. The number of hydrogen-bond acceptors (Lipinski definition) is 4. The van der Waals surface area contributed by atoms with Crippen LogP contribution in [0.1, 0.15) is 12.5 Å². The predicted molar refractivity (Wildman–Crippen MR) is 58.1 cm³/mol. The maximum Gasteiger partial charge on any atom is 0.323 e. The lowest BCUT2D eigenvalue weighted by Crippen LogP contribution is -2.44. The molecule has 1 aromatic carbocycles. The van der Waals surface area contributed by atoms with Gasteiger partial charge in [0.25, 0.3) is 0 Å². The molecule has 0 spiro atoms. The Bertz CT molecular complexity index is 348. The second-order valence-corrected chi connectivity index (χ2v) is 3.60. The first-order valence-electron chi connectivity index (χ1n) is 4.93. The van der Waals surface area contributed by atoms with Crippen LogP contribution in [0.25, 0.3) is 0 Å². The first-order chi connectivity index (χ1) is 7.50. The standard InChI is InChI=1S/C11H15NO4/c1-7(13)10(11(15)16)12-6-8-2-4-9(14)5-3-8/h2-5,7,10,12-14H,6H2,1H3,(H,15,16). The Morgan fingerprint density at radius 3 is 2.38 bits per heavy atom. The van der Waals surface area contributed by atoms with Crippen molar-refractivity contribution < 1.29 is 20.1 Å². The highest BCUT2D eigenvalue weighted by molar-refractivity contribution is 5.74. The molecule has 2 atom stereocenters. The minimum atomic E-state index is -1.09. The van der Waals surface area contributed by atoms with Gasteiger partial charge >= 0.3 is 5.97 Å². The van der Waals surface area contributed by atoms with Crippen LogP contribution in [0.3, 0.4) is 0 Å². The van der Waals surface area contributed by atoms with E-state index in [1.54, 1.807) is 12.1 Å². The third-order valence-electron chi connectivity index (χ3n) is 2.21. The number of benzene rings is 1. The van der Waals surface area contributed by atoms with E-state index in [9.17, 15) is 9.90 Å². The highest BCUT2D eigenvalue weighted by atomic mass is 16.4. The summed E-state index contributed by atoms with van der Waals surface area (Å²) in [4.78, 5) is 10.8. The van der Waals surface area contributed by atoms with E-state index in [4.69, 9.17) is 10.2 Å². The van der Waals surface area contributed by atoms with Crippen LogP contribution in [-0.4, -0.2) is 33.4 Å². The van der Waals surface area contributed by atoms with E-state index < -0.39 is 18.1 Å². The van der Waals surface area contributed by atoms with Crippen molar-refractivity contribution in [3.8, 4) is 5.75 Å². The molecule has 0 saturated heterocycles. The van der Waals surface area contributed by atoms with Crippen molar-refractivity contribution in [2.45, 2.75) is 25.6 Å². The molecule has 0 aromatic heterocycles. The largest absolute Gasteiger partial charge is 0.508 e. The number of nitrogens with one attached hydrogen (secondary N) is 1. The number of aliphatic hydroxyl groups excluding tert-OH is 1. The number of carboxylic acids is 1. The third kappa shape index (κ3) is 3.52.